The quantitative estimate of drug-likeness (QED) is 0.881. The van der Waals surface area contributed by atoms with Gasteiger partial charge in [-0.25, -0.2) is 4.79 Å². The number of hydrogen-bond donors (Lipinski definition) is 2. The Hall–Kier alpha value is -1.81. The largest absolute Gasteiger partial charge is 0.478 e. The zero-order valence-electron chi connectivity index (χ0n) is 12.2. The number of aliphatic hydroxyl groups excluding tert-OH is 1. The molecule has 0 fully saturated rings. The Morgan fingerprint density at radius 1 is 1.35 bits per heavy atom. The molecule has 2 aromatic rings. The van der Waals surface area contributed by atoms with Crippen molar-refractivity contribution < 1.29 is 15.0 Å². The molecule has 0 unspecified atom stereocenters. The molecule has 0 atom stereocenters. The Bertz CT molecular complexity index is 641. The van der Waals surface area contributed by atoms with Crippen LogP contribution in [0.15, 0.2) is 18.3 Å². The van der Waals surface area contributed by atoms with Crippen LogP contribution in [-0.4, -0.2) is 27.4 Å². The first-order valence-electron chi connectivity index (χ1n) is 6.99. The molecular formula is C16H21NO3. The molecule has 0 saturated heterocycles. The SMILES string of the molecule is CCc1cn(CCO)c2c(C(C)C)cc(C(=O)O)cc12. The first kappa shape index (κ1) is 14.6. The number of aliphatic hydroxyl groups is 1. The van der Waals surface area contributed by atoms with Crippen molar-refractivity contribution in [3.63, 3.8) is 0 Å². The Labute approximate surface area is 118 Å². The summed E-state index contributed by atoms with van der Waals surface area (Å²) < 4.78 is 2.04. The van der Waals surface area contributed by atoms with Gasteiger partial charge < -0.3 is 14.8 Å². The van der Waals surface area contributed by atoms with E-state index >= 15 is 0 Å². The molecule has 1 heterocycles. The first-order chi connectivity index (χ1) is 9.49. The van der Waals surface area contributed by atoms with Crippen molar-refractivity contribution in [3.8, 4) is 0 Å². The first-order valence-corrected chi connectivity index (χ1v) is 6.99. The Morgan fingerprint density at radius 3 is 2.55 bits per heavy atom. The Kier molecular flexibility index (Phi) is 4.14. The Balaban J connectivity index is 2.82. The summed E-state index contributed by atoms with van der Waals surface area (Å²) in [6, 6.07) is 3.50. The van der Waals surface area contributed by atoms with Gasteiger partial charge in [-0.2, -0.15) is 0 Å². The molecule has 0 aliphatic rings. The van der Waals surface area contributed by atoms with Crippen molar-refractivity contribution >= 4 is 16.9 Å². The van der Waals surface area contributed by atoms with Gasteiger partial charge in [-0.1, -0.05) is 20.8 Å². The van der Waals surface area contributed by atoms with Crippen molar-refractivity contribution in [3.05, 3.63) is 35.0 Å². The lowest BCUT2D eigenvalue weighted by Crippen LogP contribution is -2.05. The molecule has 2 rings (SSSR count). The van der Waals surface area contributed by atoms with Gasteiger partial charge in [-0.3, -0.25) is 0 Å². The fraction of sp³-hybridized carbons (Fsp3) is 0.438. The van der Waals surface area contributed by atoms with Crippen molar-refractivity contribution in [2.75, 3.05) is 6.61 Å². The van der Waals surface area contributed by atoms with Gasteiger partial charge in [-0.05, 0) is 35.6 Å². The second-order valence-corrected chi connectivity index (χ2v) is 5.35. The molecule has 0 aliphatic heterocycles. The molecule has 0 bridgehead atoms. The highest BCUT2D eigenvalue weighted by molar-refractivity contribution is 5.97. The fourth-order valence-electron chi connectivity index (χ4n) is 2.67. The van der Waals surface area contributed by atoms with E-state index in [1.54, 1.807) is 12.1 Å². The number of aromatic nitrogens is 1. The van der Waals surface area contributed by atoms with Crippen LogP contribution in [0.5, 0.6) is 0 Å². The van der Waals surface area contributed by atoms with E-state index in [0.29, 0.717) is 12.1 Å². The third-order valence-corrected chi connectivity index (χ3v) is 3.68. The number of hydrogen-bond acceptors (Lipinski definition) is 2. The number of carboxylic acids is 1. The van der Waals surface area contributed by atoms with Crippen molar-refractivity contribution in [1.82, 2.24) is 4.57 Å². The number of aryl methyl sites for hydroxylation is 1. The van der Waals surface area contributed by atoms with Gasteiger partial charge >= 0.3 is 5.97 Å². The molecule has 0 radical (unpaired) electrons. The minimum absolute atomic E-state index is 0.0746. The summed E-state index contributed by atoms with van der Waals surface area (Å²) in [5.74, 6) is -0.667. The predicted molar refractivity (Wildman–Crippen MR) is 79.5 cm³/mol. The maximum absolute atomic E-state index is 11.3. The van der Waals surface area contributed by atoms with E-state index in [4.69, 9.17) is 0 Å². The maximum Gasteiger partial charge on any atom is 0.335 e. The van der Waals surface area contributed by atoms with E-state index in [2.05, 4.69) is 20.8 Å². The van der Waals surface area contributed by atoms with Crippen molar-refractivity contribution in [2.24, 2.45) is 0 Å². The minimum Gasteiger partial charge on any atom is -0.478 e. The van der Waals surface area contributed by atoms with Crippen molar-refractivity contribution in [2.45, 2.75) is 39.7 Å². The predicted octanol–water partition coefficient (Wildman–Crippen LogP) is 3.02. The number of benzene rings is 1. The van der Waals surface area contributed by atoms with Crippen molar-refractivity contribution in [1.29, 1.82) is 0 Å². The molecule has 0 amide bonds. The van der Waals surface area contributed by atoms with Gasteiger partial charge in [0.05, 0.1) is 17.7 Å². The molecule has 2 N–H and O–H groups in total. The van der Waals surface area contributed by atoms with Gasteiger partial charge in [-0.15, -0.1) is 0 Å². The van der Waals surface area contributed by atoms with Crippen LogP contribution >= 0.6 is 0 Å². The summed E-state index contributed by atoms with van der Waals surface area (Å²) in [6.07, 6.45) is 2.87. The van der Waals surface area contributed by atoms with Crippen LogP contribution in [0.2, 0.25) is 0 Å². The van der Waals surface area contributed by atoms with Gasteiger partial charge in [0.2, 0.25) is 0 Å². The van der Waals surface area contributed by atoms with Gasteiger partial charge in [0.1, 0.15) is 0 Å². The Morgan fingerprint density at radius 2 is 2.05 bits per heavy atom. The van der Waals surface area contributed by atoms with Crippen LogP contribution in [-0.2, 0) is 13.0 Å². The minimum atomic E-state index is -0.897. The smallest absolute Gasteiger partial charge is 0.335 e. The summed E-state index contributed by atoms with van der Waals surface area (Å²) in [4.78, 5) is 11.3. The molecule has 4 nitrogen and oxygen atoms in total. The number of carboxylic acid groups (broad SMARTS) is 1. The fourth-order valence-corrected chi connectivity index (χ4v) is 2.67. The van der Waals surface area contributed by atoms with E-state index in [1.807, 2.05) is 10.8 Å². The van der Waals surface area contributed by atoms with Crippen LogP contribution in [0.3, 0.4) is 0 Å². The van der Waals surface area contributed by atoms with Crippen LogP contribution in [0.1, 0.15) is 48.2 Å². The molecular weight excluding hydrogens is 254 g/mol. The van der Waals surface area contributed by atoms with Gasteiger partial charge in [0.25, 0.3) is 0 Å². The molecule has 1 aromatic carbocycles. The lowest BCUT2D eigenvalue weighted by Gasteiger charge is -2.13. The summed E-state index contributed by atoms with van der Waals surface area (Å²) >= 11 is 0. The number of rotatable bonds is 5. The molecule has 4 heteroatoms. The number of nitrogens with zero attached hydrogens (tertiary/aromatic N) is 1. The van der Waals surface area contributed by atoms with Crippen LogP contribution < -0.4 is 0 Å². The standard InChI is InChI=1S/C16H21NO3/c1-4-11-9-17(5-6-18)15-13(10(2)3)7-12(16(19)20)8-14(11)15/h7-10,18H,4-6H2,1-3H3,(H,19,20). The number of carbonyl (C=O) groups is 1. The monoisotopic (exact) mass is 275 g/mol. The highest BCUT2D eigenvalue weighted by Crippen LogP contribution is 2.31. The molecule has 108 valence electrons. The number of aromatic carboxylic acids is 1. The highest BCUT2D eigenvalue weighted by Gasteiger charge is 2.17. The van der Waals surface area contributed by atoms with E-state index in [0.717, 1.165) is 28.5 Å². The summed E-state index contributed by atoms with van der Waals surface area (Å²) in [5.41, 5.74) is 3.53. The lowest BCUT2D eigenvalue weighted by atomic mass is 9.96. The average molecular weight is 275 g/mol. The normalized spacial score (nSPS) is 11.4. The van der Waals surface area contributed by atoms with Crippen LogP contribution in [0.25, 0.3) is 10.9 Å². The zero-order chi connectivity index (χ0) is 14.9. The molecule has 0 spiro atoms. The summed E-state index contributed by atoms with van der Waals surface area (Å²) in [7, 11) is 0. The maximum atomic E-state index is 11.3. The van der Waals surface area contributed by atoms with Crippen LogP contribution in [0.4, 0.5) is 0 Å². The third kappa shape index (κ3) is 2.43. The second kappa shape index (κ2) is 5.67. The van der Waals surface area contributed by atoms with E-state index in [1.165, 1.54) is 0 Å². The molecule has 0 saturated carbocycles. The van der Waals surface area contributed by atoms with E-state index in [9.17, 15) is 15.0 Å². The zero-order valence-corrected chi connectivity index (χ0v) is 12.2. The lowest BCUT2D eigenvalue weighted by molar-refractivity contribution is 0.0697. The van der Waals surface area contributed by atoms with Crippen LogP contribution in [0, 0.1) is 0 Å². The molecule has 1 aromatic heterocycles. The van der Waals surface area contributed by atoms with E-state index < -0.39 is 5.97 Å². The molecule has 0 aliphatic carbocycles. The summed E-state index contributed by atoms with van der Waals surface area (Å²) in [6.45, 7) is 6.78. The highest BCUT2D eigenvalue weighted by atomic mass is 16.4. The van der Waals surface area contributed by atoms with Gasteiger partial charge in [0, 0.05) is 18.1 Å². The summed E-state index contributed by atoms with van der Waals surface area (Å²) in [5, 5.41) is 19.5. The average Bonchev–Trinajstić information content (AvgIpc) is 2.76. The number of fused-ring (bicyclic) bond motifs is 1. The topological polar surface area (TPSA) is 62.5 Å². The molecule has 20 heavy (non-hydrogen) atoms. The van der Waals surface area contributed by atoms with Gasteiger partial charge in [0.15, 0.2) is 0 Å². The van der Waals surface area contributed by atoms with E-state index in [-0.39, 0.29) is 12.5 Å². The third-order valence-electron chi connectivity index (χ3n) is 3.68. The second-order valence-electron chi connectivity index (χ2n) is 5.35.